The van der Waals surface area contributed by atoms with Gasteiger partial charge in [0.2, 0.25) is 0 Å². The molecule has 14 heavy (non-hydrogen) atoms. The zero-order chi connectivity index (χ0) is 11.1. The van der Waals surface area contributed by atoms with Gasteiger partial charge in [-0.05, 0) is 18.6 Å². The second-order valence-electron chi connectivity index (χ2n) is 2.66. The van der Waals surface area contributed by atoms with Crippen molar-refractivity contribution in [1.29, 1.82) is 0 Å². The minimum absolute atomic E-state index is 0.0460. The molecule has 78 valence electrons. The smallest absolute Gasteiger partial charge is 0.166 e. The lowest BCUT2D eigenvalue weighted by molar-refractivity contribution is -0.137. The van der Waals surface area contributed by atoms with Gasteiger partial charge < -0.3 is 0 Å². The highest BCUT2D eigenvalue weighted by molar-refractivity contribution is 6.44. The Labute approximate surface area is 93.6 Å². The molecule has 0 bridgehead atoms. The van der Waals surface area contributed by atoms with Crippen LogP contribution in [0.3, 0.4) is 0 Å². The van der Waals surface area contributed by atoms with E-state index in [4.69, 9.17) is 34.8 Å². The molecule has 0 atom stereocenters. The predicted octanol–water partition coefficient (Wildman–Crippen LogP) is 4.97. The Kier molecular flexibility index (Phi) is 3.24. The molecule has 1 rings (SSSR count). The number of halogens is 6. The van der Waals surface area contributed by atoms with Crippen molar-refractivity contribution in [2.75, 3.05) is 0 Å². The summed E-state index contributed by atoms with van der Waals surface area (Å²) in [7, 11) is 0. The molecule has 1 aromatic carbocycles. The first-order chi connectivity index (χ1) is 6.25. The Morgan fingerprint density at radius 2 is 1.57 bits per heavy atom. The molecule has 6 heteroatoms. The van der Waals surface area contributed by atoms with Crippen molar-refractivity contribution >= 4 is 34.8 Å². The van der Waals surface area contributed by atoms with Crippen LogP contribution in [0.5, 0.6) is 0 Å². The monoisotopic (exact) mass is 262 g/mol. The molecule has 0 unspecified atom stereocenters. The SMILES string of the molecule is Cc1c(Cl)c(Cl)cc(C(F)(F)F)c1Cl. The highest BCUT2D eigenvalue weighted by Gasteiger charge is 2.34. The van der Waals surface area contributed by atoms with Gasteiger partial charge in [-0.15, -0.1) is 0 Å². The fourth-order valence-electron chi connectivity index (χ4n) is 0.937. The van der Waals surface area contributed by atoms with Gasteiger partial charge in [0.25, 0.3) is 0 Å². The molecular weight excluding hydrogens is 259 g/mol. The maximum atomic E-state index is 12.4. The molecule has 0 nitrogen and oxygen atoms in total. The lowest BCUT2D eigenvalue weighted by Gasteiger charge is -2.12. The number of rotatable bonds is 0. The average molecular weight is 263 g/mol. The van der Waals surface area contributed by atoms with Crippen molar-refractivity contribution < 1.29 is 13.2 Å². The topological polar surface area (TPSA) is 0 Å². The van der Waals surface area contributed by atoms with Crippen molar-refractivity contribution in [3.63, 3.8) is 0 Å². The molecule has 1 aromatic rings. The third-order valence-corrected chi connectivity index (χ3v) is 3.05. The van der Waals surface area contributed by atoms with E-state index in [1.807, 2.05) is 0 Å². The highest BCUT2D eigenvalue weighted by atomic mass is 35.5. The quantitative estimate of drug-likeness (QED) is 0.579. The van der Waals surface area contributed by atoms with Crippen molar-refractivity contribution in [1.82, 2.24) is 0 Å². The van der Waals surface area contributed by atoms with Gasteiger partial charge in [0.05, 0.1) is 20.6 Å². The van der Waals surface area contributed by atoms with E-state index < -0.39 is 16.8 Å². The van der Waals surface area contributed by atoms with Crippen LogP contribution < -0.4 is 0 Å². The molecule has 0 N–H and O–H groups in total. The van der Waals surface area contributed by atoms with Gasteiger partial charge in [-0.3, -0.25) is 0 Å². The van der Waals surface area contributed by atoms with E-state index in [0.29, 0.717) is 0 Å². The van der Waals surface area contributed by atoms with Crippen molar-refractivity contribution in [3.8, 4) is 0 Å². The molecule has 0 radical (unpaired) electrons. The van der Waals surface area contributed by atoms with E-state index in [1.165, 1.54) is 6.92 Å². The number of hydrogen-bond acceptors (Lipinski definition) is 0. The molecule has 0 fully saturated rings. The molecule has 0 saturated heterocycles. The van der Waals surface area contributed by atoms with E-state index >= 15 is 0 Å². The number of hydrogen-bond donors (Lipinski definition) is 0. The lowest BCUT2D eigenvalue weighted by atomic mass is 10.1. The summed E-state index contributed by atoms with van der Waals surface area (Å²) in [5, 5.41) is -0.516. The summed E-state index contributed by atoms with van der Waals surface area (Å²) >= 11 is 16.6. The maximum absolute atomic E-state index is 12.4. The molecule has 0 saturated carbocycles. The molecule has 0 aromatic heterocycles. The highest BCUT2D eigenvalue weighted by Crippen LogP contribution is 2.41. The summed E-state index contributed by atoms with van der Waals surface area (Å²) in [4.78, 5) is 0. The second-order valence-corrected chi connectivity index (χ2v) is 3.82. The van der Waals surface area contributed by atoms with Crippen LogP contribution in [-0.4, -0.2) is 0 Å². The predicted molar refractivity (Wildman–Crippen MR) is 51.2 cm³/mol. The zero-order valence-electron chi connectivity index (χ0n) is 6.85. The van der Waals surface area contributed by atoms with Gasteiger partial charge in [-0.2, -0.15) is 13.2 Å². The standard InChI is InChI=1S/C8H4Cl3F3/c1-3-6(10)4(8(12,13)14)2-5(9)7(3)11/h2H,1H3. The van der Waals surface area contributed by atoms with Gasteiger partial charge in [0, 0.05) is 0 Å². The summed E-state index contributed by atoms with van der Waals surface area (Å²) in [5.41, 5.74) is -0.834. The fourth-order valence-corrected chi connectivity index (χ4v) is 1.64. The van der Waals surface area contributed by atoms with Crippen molar-refractivity contribution in [2.45, 2.75) is 13.1 Å². The Balaban J connectivity index is 3.49. The van der Waals surface area contributed by atoms with Gasteiger partial charge in [-0.1, -0.05) is 34.8 Å². The zero-order valence-corrected chi connectivity index (χ0v) is 9.11. The molecule has 0 amide bonds. The van der Waals surface area contributed by atoms with E-state index in [9.17, 15) is 13.2 Å². The van der Waals surface area contributed by atoms with Crippen LogP contribution in [0.4, 0.5) is 13.2 Å². The van der Waals surface area contributed by atoms with Gasteiger partial charge in [-0.25, -0.2) is 0 Å². The van der Waals surface area contributed by atoms with Crippen LogP contribution >= 0.6 is 34.8 Å². The summed E-state index contributed by atoms with van der Waals surface area (Å²) in [6.07, 6.45) is -4.52. The van der Waals surface area contributed by atoms with Crippen LogP contribution in [0.2, 0.25) is 15.1 Å². The summed E-state index contributed by atoms with van der Waals surface area (Å²) in [5.74, 6) is 0. The van der Waals surface area contributed by atoms with E-state index in [0.717, 1.165) is 6.07 Å². The summed E-state index contributed by atoms with van der Waals surface area (Å²) < 4.78 is 37.1. The number of alkyl halides is 3. The molecule has 0 spiro atoms. The van der Waals surface area contributed by atoms with Gasteiger partial charge in [0.1, 0.15) is 0 Å². The first kappa shape index (κ1) is 12.0. The minimum atomic E-state index is -4.52. The Hall–Kier alpha value is -0.120. The largest absolute Gasteiger partial charge is 0.417 e. The van der Waals surface area contributed by atoms with Crippen LogP contribution in [0.1, 0.15) is 11.1 Å². The van der Waals surface area contributed by atoms with Crippen LogP contribution in [0.15, 0.2) is 6.07 Å². The van der Waals surface area contributed by atoms with Crippen LogP contribution in [-0.2, 0) is 6.18 Å². The molecule has 0 aliphatic heterocycles. The Bertz CT molecular complexity index is 371. The molecule has 0 aliphatic carbocycles. The Morgan fingerprint density at radius 3 is 2.00 bits per heavy atom. The molecular formula is C8H4Cl3F3. The fraction of sp³-hybridized carbons (Fsp3) is 0.250. The van der Waals surface area contributed by atoms with Gasteiger partial charge >= 0.3 is 6.18 Å². The first-order valence-corrected chi connectivity index (χ1v) is 4.60. The van der Waals surface area contributed by atoms with Crippen LogP contribution in [0.25, 0.3) is 0 Å². The third-order valence-electron chi connectivity index (χ3n) is 1.68. The van der Waals surface area contributed by atoms with Gasteiger partial charge in [0.15, 0.2) is 0 Å². The molecule has 0 heterocycles. The molecule has 0 aliphatic rings. The summed E-state index contributed by atoms with van der Waals surface area (Å²) in [6.45, 7) is 1.38. The third kappa shape index (κ3) is 2.10. The average Bonchev–Trinajstić information content (AvgIpc) is 2.06. The van der Waals surface area contributed by atoms with E-state index in [1.54, 1.807) is 0 Å². The van der Waals surface area contributed by atoms with Crippen LogP contribution in [0, 0.1) is 6.92 Å². The maximum Gasteiger partial charge on any atom is 0.417 e. The van der Waals surface area contributed by atoms with Crippen molar-refractivity contribution in [2.24, 2.45) is 0 Å². The first-order valence-electron chi connectivity index (χ1n) is 3.46. The normalized spacial score (nSPS) is 11.9. The Morgan fingerprint density at radius 1 is 1.07 bits per heavy atom. The van der Waals surface area contributed by atoms with E-state index in [-0.39, 0.29) is 15.6 Å². The summed E-state index contributed by atoms with van der Waals surface area (Å²) in [6, 6.07) is 0.721. The lowest BCUT2D eigenvalue weighted by Crippen LogP contribution is -2.07. The number of benzene rings is 1. The minimum Gasteiger partial charge on any atom is -0.166 e. The van der Waals surface area contributed by atoms with E-state index in [2.05, 4.69) is 0 Å². The van der Waals surface area contributed by atoms with Crippen molar-refractivity contribution in [3.05, 3.63) is 32.3 Å². The second kappa shape index (κ2) is 3.80.